The fourth-order valence-corrected chi connectivity index (χ4v) is 1.37. The molecular weight excluding hydrogens is 228 g/mol. The predicted molar refractivity (Wildman–Crippen MR) is 67.8 cm³/mol. The highest BCUT2D eigenvalue weighted by atomic mass is 16.2. The standard InChI is InChI=1S/C13H14N4O/c1-2-3-6-16-13(18)17-12-5-4-10(8-14)11(7-12)9-15/h4-5,7H,2-3,6H2,1H3,(H2,16,17,18). The minimum absolute atomic E-state index is 0.254. The lowest BCUT2D eigenvalue weighted by atomic mass is 10.1. The Morgan fingerprint density at radius 2 is 2.00 bits per heavy atom. The first kappa shape index (κ1) is 13.5. The van der Waals surface area contributed by atoms with Crippen molar-refractivity contribution >= 4 is 11.7 Å². The minimum Gasteiger partial charge on any atom is -0.338 e. The maximum atomic E-state index is 11.5. The summed E-state index contributed by atoms with van der Waals surface area (Å²) in [6.45, 7) is 2.66. The number of unbranched alkanes of at least 4 members (excludes halogenated alkanes) is 1. The van der Waals surface area contributed by atoms with Crippen molar-refractivity contribution in [3.63, 3.8) is 0 Å². The van der Waals surface area contributed by atoms with Gasteiger partial charge in [-0.2, -0.15) is 10.5 Å². The number of nitrogens with one attached hydrogen (secondary N) is 2. The molecule has 0 saturated carbocycles. The summed E-state index contributed by atoms with van der Waals surface area (Å²) in [5.74, 6) is 0. The molecule has 0 fully saturated rings. The second-order valence-corrected chi connectivity index (χ2v) is 3.72. The molecule has 0 aliphatic heterocycles. The largest absolute Gasteiger partial charge is 0.338 e. The zero-order valence-electron chi connectivity index (χ0n) is 10.2. The molecule has 1 rings (SSSR count). The molecule has 5 heteroatoms. The van der Waals surface area contributed by atoms with Gasteiger partial charge in [0, 0.05) is 12.2 Å². The van der Waals surface area contributed by atoms with Gasteiger partial charge in [0.15, 0.2) is 0 Å². The summed E-state index contributed by atoms with van der Waals surface area (Å²) in [6, 6.07) is 8.12. The molecule has 1 aromatic carbocycles. The van der Waals surface area contributed by atoms with Crippen LogP contribution in [-0.4, -0.2) is 12.6 Å². The van der Waals surface area contributed by atoms with Crippen LogP contribution in [0.4, 0.5) is 10.5 Å². The lowest BCUT2D eigenvalue weighted by Gasteiger charge is -2.07. The van der Waals surface area contributed by atoms with Gasteiger partial charge in [-0.15, -0.1) is 0 Å². The molecule has 0 unspecified atom stereocenters. The number of carbonyl (C=O) groups excluding carboxylic acids is 1. The van der Waals surface area contributed by atoms with Crippen LogP contribution in [0.3, 0.4) is 0 Å². The van der Waals surface area contributed by atoms with Gasteiger partial charge in [-0.05, 0) is 24.6 Å². The van der Waals surface area contributed by atoms with Crippen molar-refractivity contribution in [1.82, 2.24) is 5.32 Å². The van der Waals surface area contributed by atoms with Gasteiger partial charge in [-0.3, -0.25) is 0 Å². The van der Waals surface area contributed by atoms with E-state index in [1.807, 2.05) is 19.1 Å². The van der Waals surface area contributed by atoms with Crippen molar-refractivity contribution in [2.45, 2.75) is 19.8 Å². The molecule has 0 atom stereocenters. The van der Waals surface area contributed by atoms with Crippen LogP contribution in [0.15, 0.2) is 18.2 Å². The van der Waals surface area contributed by atoms with Crippen LogP contribution in [-0.2, 0) is 0 Å². The maximum Gasteiger partial charge on any atom is 0.319 e. The molecule has 0 bridgehead atoms. The highest BCUT2D eigenvalue weighted by molar-refractivity contribution is 5.89. The Morgan fingerprint density at radius 1 is 1.28 bits per heavy atom. The van der Waals surface area contributed by atoms with Gasteiger partial charge in [-0.1, -0.05) is 13.3 Å². The molecule has 1 aromatic rings. The zero-order valence-corrected chi connectivity index (χ0v) is 10.2. The summed E-state index contributed by atoms with van der Waals surface area (Å²) >= 11 is 0. The Morgan fingerprint density at radius 3 is 2.61 bits per heavy atom. The summed E-state index contributed by atoms with van der Waals surface area (Å²) in [5, 5.41) is 22.9. The van der Waals surface area contributed by atoms with Crippen LogP contribution in [0.2, 0.25) is 0 Å². The third kappa shape index (κ3) is 3.80. The summed E-state index contributed by atoms with van der Waals surface area (Å²) in [4.78, 5) is 11.5. The first-order valence-corrected chi connectivity index (χ1v) is 5.70. The molecule has 0 heterocycles. The summed E-state index contributed by atoms with van der Waals surface area (Å²) in [5.41, 5.74) is 1.05. The number of anilines is 1. The average Bonchev–Trinajstić information content (AvgIpc) is 2.39. The van der Waals surface area contributed by atoms with Crippen molar-refractivity contribution in [3.8, 4) is 12.1 Å². The summed E-state index contributed by atoms with van der Waals surface area (Å²) in [7, 11) is 0. The van der Waals surface area contributed by atoms with E-state index in [0.717, 1.165) is 12.8 Å². The van der Waals surface area contributed by atoms with E-state index in [0.29, 0.717) is 17.8 Å². The van der Waals surface area contributed by atoms with E-state index < -0.39 is 0 Å². The number of urea groups is 1. The van der Waals surface area contributed by atoms with Gasteiger partial charge in [0.25, 0.3) is 0 Å². The Balaban J connectivity index is 2.66. The Bertz CT molecular complexity index is 511. The predicted octanol–water partition coefficient (Wildman–Crippen LogP) is 2.35. The number of nitriles is 2. The van der Waals surface area contributed by atoms with Crippen LogP contribution in [0.25, 0.3) is 0 Å². The number of nitrogens with zero attached hydrogens (tertiary/aromatic N) is 2. The van der Waals surface area contributed by atoms with E-state index in [9.17, 15) is 4.79 Å². The van der Waals surface area contributed by atoms with Gasteiger partial charge in [-0.25, -0.2) is 4.79 Å². The highest BCUT2D eigenvalue weighted by Gasteiger charge is 2.05. The summed E-state index contributed by atoms with van der Waals surface area (Å²) in [6.07, 6.45) is 1.93. The van der Waals surface area contributed by atoms with Crippen molar-refractivity contribution in [1.29, 1.82) is 10.5 Å². The van der Waals surface area contributed by atoms with Crippen LogP contribution in [0.1, 0.15) is 30.9 Å². The first-order chi connectivity index (χ1) is 8.71. The van der Waals surface area contributed by atoms with E-state index >= 15 is 0 Å². The zero-order chi connectivity index (χ0) is 13.4. The first-order valence-electron chi connectivity index (χ1n) is 5.70. The maximum absolute atomic E-state index is 11.5. The molecule has 0 radical (unpaired) electrons. The molecule has 2 amide bonds. The molecule has 92 valence electrons. The van der Waals surface area contributed by atoms with Crippen molar-refractivity contribution in [2.75, 3.05) is 11.9 Å². The SMILES string of the molecule is CCCCNC(=O)Nc1ccc(C#N)c(C#N)c1. The van der Waals surface area contributed by atoms with Crippen LogP contribution in [0.5, 0.6) is 0 Å². The van der Waals surface area contributed by atoms with Gasteiger partial charge in [0.1, 0.15) is 12.1 Å². The second kappa shape index (κ2) is 6.93. The number of hydrogen-bond acceptors (Lipinski definition) is 3. The number of benzene rings is 1. The lowest BCUT2D eigenvalue weighted by molar-refractivity contribution is 0.252. The fourth-order valence-electron chi connectivity index (χ4n) is 1.37. The third-order valence-electron chi connectivity index (χ3n) is 2.33. The molecule has 0 aliphatic rings. The molecule has 18 heavy (non-hydrogen) atoms. The minimum atomic E-state index is -0.308. The number of amides is 2. The van der Waals surface area contributed by atoms with E-state index in [1.54, 1.807) is 6.07 Å². The number of hydrogen-bond donors (Lipinski definition) is 2. The molecule has 5 nitrogen and oxygen atoms in total. The Hall–Kier alpha value is -2.53. The molecule has 2 N–H and O–H groups in total. The van der Waals surface area contributed by atoms with E-state index in [-0.39, 0.29) is 11.6 Å². The normalized spacial score (nSPS) is 9.06. The topological polar surface area (TPSA) is 88.7 Å². The van der Waals surface area contributed by atoms with Crippen molar-refractivity contribution in [2.24, 2.45) is 0 Å². The van der Waals surface area contributed by atoms with Gasteiger partial charge < -0.3 is 10.6 Å². The Kier molecular flexibility index (Phi) is 5.21. The van der Waals surface area contributed by atoms with Gasteiger partial charge >= 0.3 is 6.03 Å². The molecule has 0 spiro atoms. The van der Waals surface area contributed by atoms with Gasteiger partial charge in [0.05, 0.1) is 11.1 Å². The van der Waals surface area contributed by atoms with Crippen LogP contribution < -0.4 is 10.6 Å². The third-order valence-corrected chi connectivity index (χ3v) is 2.33. The molecule has 0 aliphatic carbocycles. The van der Waals surface area contributed by atoms with E-state index in [2.05, 4.69) is 10.6 Å². The summed E-state index contributed by atoms with van der Waals surface area (Å²) < 4.78 is 0. The lowest BCUT2D eigenvalue weighted by Crippen LogP contribution is -2.29. The van der Waals surface area contributed by atoms with Crippen molar-refractivity contribution in [3.05, 3.63) is 29.3 Å². The average molecular weight is 242 g/mol. The number of carbonyl (C=O) groups is 1. The monoisotopic (exact) mass is 242 g/mol. The van der Waals surface area contributed by atoms with Crippen molar-refractivity contribution < 1.29 is 4.79 Å². The molecular formula is C13H14N4O. The van der Waals surface area contributed by atoms with Crippen LogP contribution >= 0.6 is 0 Å². The fraction of sp³-hybridized carbons (Fsp3) is 0.308. The smallest absolute Gasteiger partial charge is 0.319 e. The van der Waals surface area contributed by atoms with E-state index in [1.165, 1.54) is 12.1 Å². The quantitative estimate of drug-likeness (QED) is 0.794. The highest BCUT2D eigenvalue weighted by Crippen LogP contribution is 2.14. The molecule has 0 aromatic heterocycles. The van der Waals surface area contributed by atoms with Gasteiger partial charge in [0.2, 0.25) is 0 Å². The van der Waals surface area contributed by atoms with E-state index in [4.69, 9.17) is 10.5 Å². The van der Waals surface area contributed by atoms with Crippen LogP contribution in [0, 0.1) is 22.7 Å². The Labute approximate surface area is 106 Å². The molecule has 0 saturated heterocycles. The second-order valence-electron chi connectivity index (χ2n) is 3.72. The number of rotatable bonds is 4.